The van der Waals surface area contributed by atoms with Crippen molar-refractivity contribution in [1.82, 2.24) is 4.98 Å². The summed E-state index contributed by atoms with van der Waals surface area (Å²) in [5, 5.41) is 0. The normalized spacial score (nSPS) is 9.77. The molecular formula is C8H13Cl2NOS. The monoisotopic (exact) mass is 241 g/mol. The van der Waals surface area contributed by atoms with Crippen molar-refractivity contribution < 1.29 is 4.42 Å². The van der Waals surface area contributed by atoms with Crippen LogP contribution in [0, 0.1) is 6.92 Å². The summed E-state index contributed by atoms with van der Waals surface area (Å²) < 4.78 is 5.40. The number of alkyl halides is 1. The highest BCUT2D eigenvalue weighted by Gasteiger charge is 2.08. The molecule has 0 aliphatic heterocycles. The fraction of sp³-hybridized carbons (Fsp3) is 0.625. The van der Waals surface area contributed by atoms with Crippen molar-refractivity contribution >= 4 is 35.8 Å². The summed E-state index contributed by atoms with van der Waals surface area (Å²) in [7, 11) is 0. The molecule has 1 heterocycles. The van der Waals surface area contributed by atoms with Gasteiger partial charge in [-0.3, -0.25) is 0 Å². The van der Waals surface area contributed by atoms with Crippen molar-refractivity contribution in [3.05, 3.63) is 17.3 Å². The molecular weight excluding hydrogens is 229 g/mol. The molecule has 5 heteroatoms. The number of oxazole rings is 1. The minimum atomic E-state index is 0. The summed E-state index contributed by atoms with van der Waals surface area (Å²) in [6, 6.07) is 0. The number of rotatable bonds is 4. The van der Waals surface area contributed by atoms with Gasteiger partial charge in [0.1, 0.15) is 5.76 Å². The van der Waals surface area contributed by atoms with Gasteiger partial charge in [0.2, 0.25) is 0 Å². The van der Waals surface area contributed by atoms with Crippen LogP contribution in [0.25, 0.3) is 0 Å². The standard InChI is InChI=1S/C8H12ClNOS.ClH/c1-6-10-7(5-9)8(11-6)3-4-12-2;/h3-5H2,1-2H3;1H. The summed E-state index contributed by atoms with van der Waals surface area (Å²) in [6.45, 7) is 1.85. The Balaban J connectivity index is 0.00000144. The van der Waals surface area contributed by atoms with Gasteiger partial charge in [-0.2, -0.15) is 11.8 Å². The molecule has 2 nitrogen and oxygen atoms in total. The summed E-state index contributed by atoms with van der Waals surface area (Å²) in [5.41, 5.74) is 0.892. The van der Waals surface area contributed by atoms with E-state index in [0.29, 0.717) is 11.8 Å². The Morgan fingerprint density at radius 3 is 2.77 bits per heavy atom. The van der Waals surface area contributed by atoms with E-state index in [9.17, 15) is 0 Å². The van der Waals surface area contributed by atoms with Crippen LogP contribution in [0.1, 0.15) is 17.3 Å². The molecule has 0 saturated carbocycles. The minimum Gasteiger partial charge on any atom is -0.446 e. The summed E-state index contributed by atoms with van der Waals surface area (Å²) in [5.74, 6) is 3.15. The molecule has 0 spiro atoms. The van der Waals surface area contributed by atoms with E-state index in [4.69, 9.17) is 16.0 Å². The van der Waals surface area contributed by atoms with Crippen molar-refractivity contribution in [2.75, 3.05) is 12.0 Å². The molecule has 1 aromatic heterocycles. The van der Waals surface area contributed by atoms with Gasteiger partial charge in [-0.25, -0.2) is 4.98 Å². The lowest BCUT2D eigenvalue weighted by Gasteiger charge is -1.94. The van der Waals surface area contributed by atoms with Crippen molar-refractivity contribution in [2.24, 2.45) is 0 Å². The highest BCUT2D eigenvalue weighted by Crippen LogP contribution is 2.14. The molecule has 0 radical (unpaired) electrons. The van der Waals surface area contributed by atoms with E-state index in [0.717, 1.165) is 23.6 Å². The molecule has 0 fully saturated rings. The maximum absolute atomic E-state index is 5.70. The first-order valence-electron chi connectivity index (χ1n) is 3.78. The fourth-order valence-corrected chi connectivity index (χ4v) is 1.61. The Hall–Kier alpha value is 0.140. The Morgan fingerprint density at radius 1 is 1.54 bits per heavy atom. The third-order valence-electron chi connectivity index (χ3n) is 1.55. The fourth-order valence-electron chi connectivity index (χ4n) is 1.01. The second-order valence-corrected chi connectivity index (χ2v) is 3.73. The van der Waals surface area contributed by atoms with Crippen molar-refractivity contribution in [1.29, 1.82) is 0 Å². The van der Waals surface area contributed by atoms with Gasteiger partial charge in [-0.05, 0) is 6.26 Å². The quantitative estimate of drug-likeness (QED) is 0.759. The van der Waals surface area contributed by atoms with Crippen LogP contribution < -0.4 is 0 Å². The third-order valence-corrected chi connectivity index (χ3v) is 2.41. The van der Waals surface area contributed by atoms with Crippen molar-refractivity contribution in [3.8, 4) is 0 Å². The molecule has 0 aliphatic rings. The van der Waals surface area contributed by atoms with Crippen LogP contribution >= 0.6 is 35.8 Å². The van der Waals surface area contributed by atoms with E-state index in [1.807, 2.05) is 6.92 Å². The van der Waals surface area contributed by atoms with Crippen molar-refractivity contribution in [2.45, 2.75) is 19.2 Å². The summed E-state index contributed by atoms with van der Waals surface area (Å²) >= 11 is 7.49. The van der Waals surface area contributed by atoms with Gasteiger partial charge < -0.3 is 4.42 Å². The van der Waals surface area contributed by atoms with Gasteiger partial charge in [0.25, 0.3) is 0 Å². The van der Waals surface area contributed by atoms with Crippen LogP contribution in [0.5, 0.6) is 0 Å². The first kappa shape index (κ1) is 13.1. The molecule has 0 atom stereocenters. The topological polar surface area (TPSA) is 26.0 Å². The van der Waals surface area contributed by atoms with Gasteiger partial charge >= 0.3 is 0 Å². The van der Waals surface area contributed by atoms with Gasteiger partial charge in [-0.1, -0.05) is 0 Å². The lowest BCUT2D eigenvalue weighted by atomic mass is 10.3. The van der Waals surface area contributed by atoms with E-state index in [2.05, 4.69) is 11.2 Å². The first-order chi connectivity index (χ1) is 5.77. The van der Waals surface area contributed by atoms with Crippen LogP contribution in [-0.4, -0.2) is 17.0 Å². The molecule has 0 unspecified atom stereocenters. The van der Waals surface area contributed by atoms with Gasteiger partial charge in [0.15, 0.2) is 5.89 Å². The second kappa shape index (κ2) is 6.57. The van der Waals surface area contributed by atoms with Gasteiger partial charge in [0, 0.05) is 19.1 Å². The SMILES string of the molecule is CSCCc1oc(C)nc1CCl.Cl. The Bertz CT molecular complexity index is 252. The maximum Gasteiger partial charge on any atom is 0.191 e. The number of aryl methyl sites for hydroxylation is 2. The lowest BCUT2D eigenvalue weighted by molar-refractivity contribution is 0.479. The van der Waals surface area contributed by atoms with E-state index >= 15 is 0 Å². The summed E-state index contributed by atoms with van der Waals surface area (Å²) in [6.07, 6.45) is 2.99. The smallest absolute Gasteiger partial charge is 0.191 e. The van der Waals surface area contributed by atoms with Gasteiger partial charge in [-0.15, -0.1) is 24.0 Å². The number of thioether (sulfide) groups is 1. The lowest BCUT2D eigenvalue weighted by Crippen LogP contribution is -1.90. The van der Waals surface area contributed by atoms with E-state index in [1.165, 1.54) is 0 Å². The zero-order valence-corrected chi connectivity index (χ0v) is 10.1. The van der Waals surface area contributed by atoms with E-state index in [-0.39, 0.29) is 12.4 Å². The average Bonchev–Trinajstić information content (AvgIpc) is 2.42. The number of aromatic nitrogens is 1. The number of nitrogens with zero attached hydrogens (tertiary/aromatic N) is 1. The predicted molar refractivity (Wildman–Crippen MR) is 60.1 cm³/mol. The number of halogens is 2. The highest BCUT2D eigenvalue weighted by atomic mass is 35.5. The molecule has 0 amide bonds. The van der Waals surface area contributed by atoms with Crippen LogP contribution in [0.3, 0.4) is 0 Å². The maximum atomic E-state index is 5.70. The van der Waals surface area contributed by atoms with Crippen LogP contribution in [-0.2, 0) is 12.3 Å². The molecule has 0 aliphatic carbocycles. The minimum absolute atomic E-state index is 0. The summed E-state index contributed by atoms with van der Waals surface area (Å²) in [4.78, 5) is 4.17. The first-order valence-corrected chi connectivity index (χ1v) is 5.71. The van der Waals surface area contributed by atoms with E-state index < -0.39 is 0 Å². The molecule has 0 aromatic carbocycles. The Kier molecular flexibility index (Phi) is 6.64. The second-order valence-electron chi connectivity index (χ2n) is 2.48. The average molecular weight is 242 g/mol. The molecule has 13 heavy (non-hydrogen) atoms. The Morgan fingerprint density at radius 2 is 2.23 bits per heavy atom. The largest absolute Gasteiger partial charge is 0.446 e. The molecule has 0 saturated heterocycles. The molecule has 1 rings (SSSR count). The third kappa shape index (κ3) is 3.79. The van der Waals surface area contributed by atoms with Crippen LogP contribution in [0.2, 0.25) is 0 Å². The predicted octanol–water partition coefficient (Wildman–Crippen LogP) is 3.05. The van der Waals surface area contributed by atoms with Crippen molar-refractivity contribution in [3.63, 3.8) is 0 Å². The molecule has 76 valence electrons. The number of hydrogen-bond acceptors (Lipinski definition) is 3. The van der Waals surface area contributed by atoms with E-state index in [1.54, 1.807) is 11.8 Å². The molecule has 0 N–H and O–H groups in total. The zero-order valence-electron chi connectivity index (χ0n) is 7.67. The van der Waals surface area contributed by atoms with Crippen LogP contribution in [0.4, 0.5) is 0 Å². The van der Waals surface area contributed by atoms with Gasteiger partial charge in [0.05, 0.1) is 11.6 Å². The molecule has 1 aromatic rings. The zero-order chi connectivity index (χ0) is 8.97. The highest BCUT2D eigenvalue weighted by molar-refractivity contribution is 7.98. The Labute approximate surface area is 93.8 Å². The number of hydrogen-bond donors (Lipinski definition) is 0. The van der Waals surface area contributed by atoms with Crippen LogP contribution in [0.15, 0.2) is 4.42 Å². The molecule has 0 bridgehead atoms.